The van der Waals surface area contributed by atoms with E-state index in [1.807, 2.05) is 0 Å². The van der Waals surface area contributed by atoms with E-state index in [-0.39, 0.29) is 61.3 Å². The van der Waals surface area contributed by atoms with Crippen LogP contribution in [0, 0.1) is 37.1 Å². The first-order valence-electron chi connectivity index (χ1n) is 18.0. The molecule has 0 radical (unpaired) electrons. The maximum absolute atomic E-state index is 16.5. The number of halogens is 6. The molecule has 58 heavy (non-hydrogen) atoms. The molecule has 6 aromatic rings. The number of carbonyl (C=O) groups excluding carboxylic acids is 4. The van der Waals surface area contributed by atoms with E-state index in [2.05, 4.69) is 10.6 Å². The summed E-state index contributed by atoms with van der Waals surface area (Å²) in [6, 6.07) is 10.3. The van der Waals surface area contributed by atoms with Crippen molar-refractivity contribution in [2.24, 2.45) is 0 Å². The zero-order valence-corrected chi connectivity index (χ0v) is 33.1. The summed E-state index contributed by atoms with van der Waals surface area (Å²) in [7, 11) is 0. The van der Waals surface area contributed by atoms with Crippen LogP contribution in [0.4, 0.5) is 17.6 Å². The standard InChI is InChI=1S/C42H36Cl2F4N4O6/c1-6-15-49-39(55)35(31-19(4)51(27-11-13-29(53)37(47)33(27)31)41(57)21-7-9-23(43)25(45)16-21)36(40(56)50-18(2)3)32-20(5)52(28-12-14-30(54)38(48)34(28)32)42(58)22-8-10-24(44)26(46)17-22/h7-14,16-18,35-36,53-54H,6,15H2,1-5H3,(H,49,55)(H,50,56). The lowest BCUT2D eigenvalue weighted by atomic mass is 9.77. The summed E-state index contributed by atoms with van der Waals surface area (Å²) in [4.78, 5) is 58.0. The Morgan fingerprint density at radius 2 is 1.09 bits per heavy atom. The molecule has 16 heteroatoms. The molecular weight excluding hydrogens is 803 g/mol. The third-order valence-corrected chi connectivity index (χ3v) is 10.5. The molecule has 2 unspecified atom stereocenters. The minimum atomic E-state index is -1.86. The van der Waals surface area contributed by atoms with Gasteiger partial charge in [-0.05, 0) is 106 Å². The molecule has 2 heterocycles. The Hall–Kier alpha value is -5.86. The number of phenols is 2. The van der Waals surface area contributed by atoms with Crippen molar-refractivity contribution in [3.63, 3.8) is 0 Å². The van der Waals surface area contributed by atoms with Crippen molar-refractivity contribution in [2.75, 3.05) is 6.54 Å². The number of hydrogen-bond donors (Lipinski definition) is 4. The summed E-state index contributed by atoms with van der Waals surface area (Å²) < 4.78 is 64.4. The molecular formula is C42H36Cl2F4N4O6. The predicted molar refractivity (Wildman–Crippen MR) is 211 cm³/mol. The van der Waals surface area contributed by atoms with E-state index in [1.165, 1.54) is 38.1 Å². The number of benzene rings is 4. The Labute approximate surface area is 339 Å². The van der Waals surface area contributed by atoms with Crippen LogP contribution in [-0.2, 0) is 9.59 Å². The van der Waals surface area contributed by atoms with E-state index in [0.29, 0.717) is 6.42 Å². The van der Waals surface area contributed by atoms with Crippen LogP contribution in [0.3, 0.4) is 0 Å². The first-order valence-corrected chi connectivity index (χ1v) is 18.8. The molecule has 302 valence electrons. The number of hydrogen-bond acceptors (Lipinski definition) is 6. The Bertz CT molecular complexity index is 2690. The molecule has 0 aliphatic heterocycles. The smallest absolute Gasteiger partial charge is 0.262 e. The fourth-order valence-electron chi connectivity index (χ4n) is 7.39. The Kier molecular flexibility index (Phi) is 11.7. The molecule has 0 spiro atoms. The van der Waals surface area contributed by atoms with Crippen LogP contribution in [-0.4, -0.2) is 55.6 Å². The van der Waals surface area contributed by atoms with Crippen molar-refractivity contribution in [3.05, 3.63) is 128 Å². The van der Waals surface area contributed by atoms with Gasteiger partial charge in [0.05, 0.1) is 32.9 Å². The van der Waals surface area contributed by atoms with Crippen LogP contribution in [0.25, 0.3) is 21.8 Å². The van der Waals surface area contributed by atoms with Gasteiger partial charge in [-0.25, -0.2) is 17.6 Å². The number of nitrogens with one attached hydrogen (secondary N) is 2. The SMILES string of the molecule is CCCNC(=O)C(c1c(C)n(C(=O)c2ccc(Cl)c(F)c2)c2ccc(O)c(F)c12)C(C(=O)NC(C)C)c1c(C)n(C(=O)c2ccc(Cl)c(F)c2)c2ccc(O)c(F)c12. The normalized spacial score (nSPS) is 12.6. The highest BCUT2D eigenvalue weighted by Crippen LogP contribution is 2.47. The van der Waals surface area contributed by atoms with Crippen LogP contribution in [0.1, 0.15) is 82.3 Å². The molecule has 2 atom stereocenters. The molecule has 0 fully saturated rings. The van der Waals surface area contributed by atoms with Gasteiger partial charge in [0.2, 0.25) is 11.8 Å². The fraction of sp³-hybridized carbons (Fsp3) is 0.238. The fourth-order valence-corrected chi connectivity index (χ4v) is 7.63. The van der Waals surface area contributed by atoms with Gasteiger partial charge in [-0.2, -0.15) is 0 Å². The van der Waals surface area contributed by atoms with Gasteiger partial charge in [-0.3, -0.25) is 28.3 Å². The second-order valence-corrected chi connectivity index (χ2v) is 14.8. The molecule has 2 amide bonds. The zero-order valence-electron chi connectivity index (χ0n) is 31.6. The maximum Gasteiger partial charge on any atom is 0.262 e. The third kappa shape index (κ3) is 7.15. The minimum absolute atomic E-state index is 0.0404. The molecule has 0 saturated heterocycles. The van der Waals surface area contributed by atoms with Crippen molar-refractivity contribution >= 4 is 68.6 Å². The van der Waals surface area contributed by atoms with Crippen LogP contribution in [0.5, 0.6) is 11.5 Å². The number of aromatic hydroxyl groups is 2. The molecule has 0 saturated carbocycles. The summed E-state index contributed by atoms with van der Waals surface area (Å²) in [6.07, 6.45) is 0.394. The molecule has 0 aliphatic carbocycles. The highest BCUT2D eigenvalue weighted by Gasteiger charge is 2.44. The van der Waals surface area contributed by atoms with Gasteiger partial charge in [-0.15, -0.1) is 0 Å². The molecule has 4 N–H and O–H groups in total. The van der Waals surface area contributed by atoms with Gasteiger partial charge in [0.1, 0.15) is 11.6 Å². The number of carbonyl (C=O) groups is 4. The predicted octanol–water partition coefficient (Wildman–Crippen LogP) is 8.78. The molecule has 10 nitrogen and oxygen atoms in total. The van der Waals surface area contributed by atoms with Crippen molar-refractivity contribution in [1.29, 1.82) is 0 Å². The van der Waals surface area contributed by atoms with Gasteiger partial charge in [0.25, 0.3) is 11.8 Å². The van der Waals surface area contributed by atoms with E-state index in [0.717, 1.165) is 45.5 Å². The number of rotatable bonds is 10. The van der Waals surface area contributed by atoms with E-state index in [1.54, 1.807) is 20.8 Å². The Morgan fingerprint density at radius 1 is 0.672 bits per heavy atom. The second-order valence-electron chi connectivity index (χ2n) is 14.0. The average molecular weight is 840 g/mol. The van der Waals surface area contributed by atoms with E-state index in [9.17, 15) is 38.2 Å². The van der Waals surface area contributed by atoms with Crippen molar-refractivity contribution in [2.45, 2.75) is 58.9 Å². The first-order chi connectivity index (χ1) is 27.4. The molecule has 0 bridgehead atoms. The van der Waals surface area contributed by atoms with Crippen LogP contribution < -0.4 is 10.6 Å². The monoisotopic (exact) mass is 838 g/mol. The van der Waals surface area contributed by atoms with Crippen molar-refractivity contribution < 1.29 is 47.0 Å². The Balaban J connectivity index is 1.76. The second kappa shape index (κ2) is 16.2. The Morgan fingerprint density at radius 3 is 1.47 bits per heavy atom. The summed E-state index contributed by atoms with van der Waals surface area (Å²) in [6.45, 7) is 7.72. The minimum Gasteiger partial charge on any atom is -0.505 e. The third-order valence-electron chi connectivity index (χ3n) is 9.91. The van der Waals surface area contributed by atoms with Gasteiger partial charge >= 0.3 is 0 Å². The number of nitrogens with zero attached hydrogens (tertiary/aromatic N) is 2. The van der Waals surface area contributed by atoms with Gasteiger partial charge < -0.3 is 20.8 Å². The van der Waals surface area contributed by atoms with E-state index >= 15 is 8.78 Å². The largest absolute Gasteiger partial charge is 0.505 e. The summed E-state index contributed by atoms with van der Waals surface area (Å²) in [5.74, 6) is -13.5. The highest BCUT2D eigenvalue weighted by molar-refractivity contribution is 6.31. The number of phenolic OH excluding ortho intramolecular Hbond substituents is 2. The topological polar surface area (TPSA) is 143 Å². The lowest BCUT2D eigenvalue weighted by Gasteiger charge is -2.28. The zero-order chi connectivity index (χ0) is 42.5. The molecule has 4 aromatic carbocycles. The van der Waals surface area contributed by atoms with Crippen molar-refractivity contribution in [3.8, 4) is 11.5 Å². The summed E-state index contributed by atoms with van der Waals surface area (Å²) in [5.41, 5.74) is -1.61. The van der Waals surface area contributed by atoms with Crippen LogP contribution >= 0.6 is 23.2 Å². The van der Waals surface area contributed by atoms with Crippen LogP contribution in [0.15, 0.2) is 60.7 Å². The summed E-state index contributed by atoms with van der Waals surface area (Å²) in [5, 5.41) is 25.4. The quantitative estimate of drug-likeness (QED) is 0.102. The van der Waals surface area contributed by atoms with Crippen molar-refractivity contribution in [1.82, 2.24) is 19.8 Å². The number of aromatic nitrogens is 2. The summed E-state index contributed by atoms with van der Waals surface area (Å²) >= 11 is 11.8. The molecule has 6 rings (SSSR count). The lowest BCUT2D eigenvalue weighted by molar-refractivity contribution is -0.129. The average Bonchev–Trinajstić information content (AvgIpc) is 3.63. The maximum atomic E-state index is 16.5. The lowest BCUT2D eigenvalue weighted by Crippen LogP contribution is -2.42. The van der Waals surface area contributed by atoms with Gasteiger partial charge in [0.15, 0.2) is 23.1 Å². The highest BCUT2D eigenvalue weighted by atomic mass is 35.5. The molecule has 0 aliphatic rings. The number of fused-ring (bicyclic) bond motifs is 2. The van der Waals surface area contributed by atoms with E-state index < -0.39 is 87.0 Å². The number of amides is 2. The van der Waals surface area contributed by atoms with Gasteiger partial charge in [0, 0.05) is 45.9 Å². The van der Waals surface area contributed by atoms with Crippen LogP contribution in [0.2, 0.25) is 10.0 Å². The van der Waals surface area contributed by atoms with Gasteiger partial charge in [-0.1, -0.05) is 30.1 Å². The first kappa shape index (κ1) is 41.8. The molecule has 2 aromatic heterocycles. The van der Waals surface area contributed by atoms with E-state index in [4.69, 9.17) is 23.2 Å².